The average Bonchev–Trinajstić information content (AvgIpc) is 2.34. The summed E-state index contributed by atoms with van der Waals surface area (Å²) in [6.45, 7) is 8.89. The molecule has 0 aromatic carbocycles. The number of anilines is 1. The molecule has 0 aliphatic rings. The van der Waals surface area contributed by atoms with Gasteiger partial charge in [0.1, 0.15) is 5.82 Å². The number of nitrogens with zero attached hydrogens (tertiary/aromatic N) is 2. The van der Waals surface area contributed by atoms with Crippen molar-refractivity contribution < 1.29 is 4.74 Å². The minimum absolute atomic E-state index is 0.00842. The molecule has 0 saturated carbocycles. The highest BCUT2D eigenvalue weighted by atomic mass is 16.5. The van der Waals surface area contributed by atoms with Crippen molar-refractivity contribution in [3.05, 3.63) is 23.9 Å². The molecule has 0 radical (unpaired) electrons. The predicted molar refractivity (Wildman–Crippen MR) is 75.8 cm³/mol. The van der Waals surface area contributed by atoms with Gasteiger partial charge in [0.15, 0.2) is 0 Å². The summed E-state index contributed by atoms with van der Waals surface area (Å²) in [5.41, 5.74) is 7.11. The molecule has 0 spiro atoms. The molecule has 4 nitrogen and oxygen atoms in total. The zero-order valence-electron chi connectivity index (χ0n) is 11.9. The zero-order chi connectivity index (χ0) is 13.5. The number of pyridine rings is 1. The Morgan fingerprint density at radius 3 is 2.67 bits per heavy atom. The lowest BCUT2D eigenvalue weighted by Gasteiger charge is -2.28. The SMILES string of the molecule is COCCN(CC(C)C)c1ncccc1[C@@H](C)N. The Morgan fingerprint density at radius 1 is 1.39 bits per heavy atom. The molecule has 18 heavy (non-hydrogen) atoms. The molecule has 0 aliphatic carbocycles. The molecule has 0 saturated heterocycles. The summed E-state index contributed by atoms with van der Waals surface area (Å²) in [6.07, 6.45) is 1.82. The van der Waals surface area contributed by atoms with Gasteiger partial charge in [-0.1, -0.05) is 19.9 Å². The van der Waals surface area contributed by atoms with Gasteiger partial charge in [-0.25, -0.2) is 4.98 Å². The van der Waals surface area contributed by atoms with Crippen LogP contribution in [-0.2, 0) is 4.74 Å². The number of ether oxygens (including phenoxy) is 1. The third kappa shape index (κ3) is 4.27. The Morgan fingerprint density at radius 2 is 2.11 bits per heavy atom. The molecule has 1 aromatic rings. The van der Waals surface area contributed by atoms with Crippen LogP contribution in [0.25, 0.3) is 0 Å². The number of rotatable bonds is 7. The second-order valence-electron chi connectivity index (χ2n) is 5.04. The first-order valence-corrected chi connectivity index (χ1v) is 6.50. The van der Waals surface area contributed by atoms with Crippen molar-refractivity contribution in [3.8, 4) is 0 Å². The highest BCUT2D eigenvalue weighted by Crippen LogP contribution is 2.22. The second kappa shape index (κ2) is 7.34. The average molecular weight is 251 g/mol. The molecule has 2 N–H and O–H groups in total. The first-order chi connectivity index (χ1) is 8.56. The van der Waals surface area contributed by atoms with Crippen molar-refractivity contribution in [1.29, 1.82) is 0 Å². The second-order valence-corrected chi connectivity index (χ2v) is 5.04. The molecule has 102 valence electrons. The van der Waals surface area contributed by atoms with Crippen molar-refractivity contribution in [1.82, 2.24) is 4.98 Å². The third-order valence-corrected chi connectivity index (χ3v) is 2.76. The number of aromatic nitrogens is 1. The molecular formula is C14H25N3O. The molecule has 0 amide bonds. The smallest absolute Gasteiger partial charge is 0.133 e. The topological polar surface area (TPSA) is 51.4 Å². The Kier molecular flexibility index (Phi) is 6.09. The van der Waals surface area contributed by atoms with Gasteiger partial charge in [-0.2, -0.15) is 0 Å². The predicted octanol–water partition coefficient (Wildman–Crippen LogP) is 2.21. The van der Waals surface area contributed by atoms with Crippen LogP contribution in [0.3, 0.4) is 0 Å². The number of nitrogens with two attached hydrogens (primary N) is 1. The first-order valence-electron chi connectivity index (χ1n) is 6.50. The molecule has 0 bridgehead atoms. The summed E-state index contributed by atoms with van der Waals surface area (Å²) in [5, 5.41) is 0. The lowest BCUT2D eigenvalue weighted by Crippen LogP contribution is -2.33. The van der Waals surface area contributed by atoms with E-state index in [4.69, 9.17) is 10.5 Å². The Balaban J connectivity index is 2.95. The summed E-state index contributed by atoms with van der Waals surface area (Å²) in [5.74, 6) is 1.56. The van der Waals surface area contributed by atoms with Crippen molar-refractivity contribution in [2.24, 2.45) is 11.7 Å². The Hall–Kier alpha value is -1.13. The minimum Gasteiger partial charge on any atom is -0.383 e. The normalized spacial score (nSPS) is 12.8. The van der Waals surface area contributed by atoms with Gasteiger partial charge in [0.05, 0.1) is 6.61 Å². The molecule has 1 rings (SSSR count). The van der Waals surface area contributed by atoms with Crippen molar-refractivity contribution in [2.75, 3.05) is 31.7 Å². The van der Waals surface area contributed by atoms with E-state index in [-0.39, 0.29) is 6.04 Å². The van der Waals surface area contributed by atoms with Crippen molar-refractivity contribution >= 4 is 5.82 Å². The lowest BCUT2D eigenvalue weighted by atomic mass is 10.1. The van der Waals surface area contributed by atoms with Crippen LogP contribution < -0.4 is 10.6 Å². The van der Waals surface area contributed by atoms with Gasteiger partial charge in [0, 0.05) is 38.0 Å². The van der Waals surface area contributed by atoms with E-state index in [9.17, 15) is 0 Å². The van der Waals surface area contributed by atoms with Crippen LogP contribution in [0.15, 0.2) is 18.3 Å². The molecule has 0 aliphatic heterocycles. The van der Waals surface area contributed by atoms with E-state index in [0.717, 1.165) is 24.5 Å². The van der Waals surface area contributed by atoms with Crippen LogP contribution in [0.2, 0.25) is 0 Å². The van der Waals surface area contributed by atoms with Crippen LogP contribution in [0.4, 0.5) is 5.82 Å². The Bertz CT molecular complexity index is 353. The van der Waals surface area contributed by atoms with E-state index in [2.05, 4.69) is 23.7 Å². The van der Waals surface area contributed by atoms with Gasteiger partial charge in [0.25, 0.3) is 0 Å². The van der Waals surface area contributed by atoms with Crippen LogP contribution in [0, 0.1) is 5.92 Å². The summed E-state index contributed by atoms with van der Waals surface area (Å²) >= 11 is 0. The van der Waals surface area contributed by atoms with E-state index in [1.54, 1.807) is 7.11 Å². The standard InChI is InChI=1S/C14H25N3O/c1-11(2)10-17(8-9-18-4)14-13(12(3)15)6-5-7-16-14/h5-7,11-12H,8-10,15H2,1-4H3/t12-/m1/s1. The van der Waals surface area contributed by atoms with Crippen LogP contribution in [0.1, 0.15) is 32.4 Å². The summed E-state index contributed by atoms with van der Waals surface area (Å²) in [7, 11) is 1.72. The maximum Gasteiger partial charge on any atom is 0.133 e. The molecule has 1 atom stereocenters. The van der Waals surface area contributed by atoms with Crippen LogP contribution in [-0.4, -0.2) is 31.8 Å². The van der Waals surface area contributed by atoms with E-state index in [0.29, 0.717) is 12.5 Å². The fourth-order valence-electron chi connectivity index (χ4n) is 1.95. The number of methoxy groups -OCH3 is 1. The maximum atomic E-state index is 6.01. The number of hydrogen-bond donors (Lipinski definition) is 1. The monoisotopic (exact) mass is 251 g/mol. The molecular weight excluding hydrogens is 226 g/mol. The molecule has 0 fully saturated rings. The number of hydrogen-bond acceptors (Lipinski definition) is 4. The highest BCUT2D eigenvalue weighted by molar-refractivity contribution is 5.48. The van der Waals surface area contributed by atoms with E-state index in [1.807, 2.05) is 25.3 Å². The zero-order valence-corrected chi connectivity index (χ0v) is 11.9. The summed E-state index contributed by atoms with van der Waals surface area (Å²) < 4.78 is 5.18. The molecule has 1 heterocycles. The van der Waals surface area contributed by atoms with Crippen LogP contribution in [0.5, 0.6) is 0 Å². The maximum absolute atomic E-state index is 6.01. The van der Waals surface area contributed by atoms with Gasteiger partial charge in [-0.05, 0) is 18.9 Å². The van der Waals surface area contributed by atoms with E-state index in [1.165, 1.54) is 0 Å². The fourth-order valence-corrected chi connectivity index (χ4v) is 1.95. The Labute approximate surface area is 110 Å². The minimum atomic E-state index is -0.00842. The van der Waals surface area contributed by atoms with Gasteiger partial charge >= 0.3 is 0 Å². The quantitative estimate of drug-likeness (QED) is 0.807. The van der Waals surface area contributed by atoms with Crippen molar-refractivity contribution in [3.63, 3.8) is 0 Å². The third-order valence-electron chi connectivity index (χ3n) is 2.76. The lowest BCUT2D eigenvalue weighted by molar-refractivity contribution is 0.204. The fraction of sp³-hybridized carbons (Fsp3) is 0.643. The van der Waals surface area contributed by atoms with E-state index >= 15 is 0 Å². The van der Waals surface area contributed by atoms with Gasteiger partial charge in [-0.15, -0.1) is 0 Å². The van der Waals surface area contributed by atoms with E-state index < -0.39 is 0 Å². The largest absolute Gasteiger partial charge is 0.383 e. The van der Waals surface area contributed by atoms with Gasteiger partial charge in [0.2, 0.25) is 0 Å². The van der Waals surface area contributed by atoms with Gasteiger partial charge < -0.3 is 15.4 Å². The molecule has 0 unspecified atom stereocenters. The molecule has 1 aromatic heterocycles. The summed E-state index contributed by atoms with van der Waals surface area (Å²) in [6, 6.07) is 3.98. The first kappa shape index (κ1) is 14.9. The highest BCUT2D eigenvalue weighted by Gasteiger charge is 2.15. The summed E-state index contributed by atoms with van der Waals surface area (Å²) in [4.78, 5) is 6.75. The van der Waals surface area contributed by atoms with Gasteiger partial charge in [-0.3, -0.25) is 0 Å². The van der Waals surface area contributed by atoms with Crippen LogP contribution >= 0.6 is 0 Å². The molecule has 4 heteroatoms. The van der Waals surface area contributed by atoms with Crippen molar-refractivity contribution in [2.45, 2.75) is 26.8 Å².